The maximum absolute atomic E-state index is 11.5. The molecule has 0 spiro atoms. The minimum Gasteiger partial charge on any atom is -0.350 e. The normalized spacial score (nSPS) is 10.0. The van der Waals surface area contributed by atoms with Crippen LogP contribution in [-0.2, 0) is 17.9 Å². The van der Waals surface area contributed by atoms with Gasteiger partial charge in [-0.1, -0.05) is 30.3 Å². The van der Waals surface area contributed by atoms with Crippen LogP contribution in [0.2, 0.25) is 0 Å². The first-order valence-corrected chi connectivity index (χ1v) is 4.97. The van der Waals surface area contributed by atoms with Crippen molar-refractivity contribution in [2.75, 3.05) is 0 Å². The number of hydrogen-bond donors (Lipinski definition) is 1. The molecule has 0 bridgehead atoms. The molecule has 2 aromatic rings. The Morgan fingerprint density at radius 1 is 1.31 bits per heavy atom. The van der Waals surface area contributed by atoms with Gasteiger partial charge in [-0.3, -0.25) is 4.79 Å². The molecule has 0 saturated carbocycles. The lowest BCUT2D eigenvalue weighted by Gasteiger charge is -2.04. The van der Waals surface area contributed by atoms with E-state index in [1.807, 2.05) is 30.3 Å². The van der Waals surface area contributed by atoms with Crippen molar-refractivity contribution < 1.29 is 4.79 Å². The summed E-state index contributed by atoms with van der Waals surface area (Å²) in [5.74, 6) is -0.0747. The van der Waals surface area contributed by atoms with Gasteiger partial charge in [0, 0.05) is 6.54 Å². The highest BCUT2D eigenvalue weighted by molar-refractivity contribution is 5.75. The first kappa shape index (κ1) is 10.4. The van der Waals surface area contributed by atoms with Crippen LogP contribution in [0.5, 0.6) is 0 Å². The summed E-state index contributed by atoms with van der Waals surface area (Å²) in [6, 6.07) is 9.77. The molecule has 5 heteroatoms. The molecular formula is C11H12N4O. The molecule has 1 N–H and O–H groups in total. The Balaban J connectivity index is 1.80. The second-order valence-electron chi connectivity index (χ2n) is 3.36. The monoisotopic (exact) mass is 216 g/mol. The number of carbonyl (C=O) groups excluding carboxylic acids is 1. The summed E-state index contributed by atoms with van der Waals surface area (Å²) in [5.41, 5.74) is 1.08. The minimum absolute atomic E-state index is 0.0747. The van der Waals surface area contributed by atoms with E-state index in [0.29, 0.717) is 6.54 Å². The summed E-state index contributed by atoms with van der Waals surface area (Å²) >= 11 is 0. The van der Waals surface area contributed by atoms with E-state index >= 15 is 0 Å². The maximum atomic E-state index is 11.5. The van der Waals surface area contributed by atoms with Gasteiger partial charge in [-0.2, -0.15) is 5.10 Å². The zero-order valence-corrected chi connectivity index (χ0v) is 8.71. The fraction of sp³-hybridized carbons (Fsp3) is 0.182. The van der Waals surface area contributed by atoms with E-state index in [1.165, 1.54) is 17.3 Å². The second-order valence-corrected chi connectivity index (χ2v) is 3.36. The number of carbonyl (C=O) groups is 1. The highest BCUT2D eigenvalue weighted by atomic mass is 16.2. The molecule has 0 aliphatic carbocycles. The van der Waals surface area contributed by atoms with E-state index in [-0.39, 0.29) is 12.5 Å². The van der Waals surface area contributed by atoms with Gasteiger partial charge in [-0.25, -0.2) is 9.67 Å². The molecule has 0 aliphatic heterocycles. The quantitative estimate of drug-likeness (QED) is 0.814. The Bertz CT molecular complexity index is 438. The average Bonchev–Trinajstić information content (AvgIpc) is 2.81. The molecular weight excluding hydrogens is 204 g/mol. The molecule has 1 heterocycles. The highest BCUT2D eigenvalue weighted by Crippen LogP contribution is 1.97. The SMILES string of the molecule is O=C(Cn1cncn1)NCc1ccccc1. The highest BCUT2D eigenvalue weighted by Gasteiger charge is 2.02. The van der Waals surface area contributed by atoms with E-state index in [4.69, 9.17) is 0 Å². The topological polar surface area (TPSA) is 59.8 Å². The van der Waals surface area contributed by atoms with Crippen molar-refractivity contribution in [2.24, 2.45) is 0 Å². The van der Waals surface area contributed by atoms with E-state index in [9.17, 15) is 4.79 Å². The molecule has 0 aliphatic rings. The van der Waals surface area contributed by atoms with Gasteiger partial charge in [0.15, 0.2) is 0 Å². The van der Waals surface area contributed by atoms with Crippen LogP contribution < -0.4 is 5.32 Å². The van der Waals surface area contributed by atoms with Crippen LogP contribution in [0.15, 0.2) is 43.0 Å². The minimum atomic E-state index is -0.0747. The molecule has 1 aromatic heterocycles. The van der Waals surface area contributed by atoms with Crippen LogP contribution in [-0.4, -0.2) is 20.7 Å². The van der Waals surface area contributed by atoms with Crippen molar-refractivity contribution in [2.45, 2.75) is 13.1 Å². The summed E-state index contributed by atoms with van der Waals surface area (Å²) < 4.78 is 1.49. The second kappa shape index (κ2) is 5.06. The molecule has 0 atom stereocenters. The number of amides is 1. The summed E-state index contributed by atoms with van der Waals surface area (Å²) in [4.78, 5) is 15.2. The van der Waals surface area contributed by atoms with Crippen molar-refractivity contribution in [1.29, 1.82) is 0 Å². The van der Waals surface area contributed by atoms with Gasteiger partial charge in [0.1, 0.15) is 19.2 Å². The van der Waals surface area contributed by atoms with Crippen molar-refractivity contribution in [3.63, 3.8) is 0 Å². The van der Waals surface area contributed by atoms with Gasteiger partial charge in [-0.05, 0) is 5.56 Å². The Morgan fingerprint density at radius 3 is 2.81 bits per heavy atom. The van der Waals surface area contributed by atoms with Crippen molar-refractivity contribution >= 4 is 5.91 Å². The van der Waals surface area contributed by atoms with Crippen LogP contribution in [0.1, 0.15) is 5.56 Å². The average molecular weight is 216 g/mol. The molecule has 5 nitrogen and oxygen atoms in total. The van der Waals surface area contributed by atoms with Gasteiger partial charge >= 0.3 is 0 Å². The third kappa shape index (κ3) is 2.91. The first-order chi connectivity index (χ1) is 7.84. The third-order valence-electron chi connectivity index (χ3n) is 2.10. The summed E-state index contributed by atoms with van der Waals surface area (Å²) in [6.45, 7) is 0.737. The standard InChI is InChI=1S/C11H12N4O/c16-11(7-15-9-12-8-14-15)13-6-10-4-2-1-3-5-10/h1-5,8-9H,6-7H2,(H,13,16). The Hall–Kier alpha value is -2.17. The van der Waals surface area contributed by atoms with Crippen LogP contribution in [0.3, 0.4) is 0 Å². The molecule has 2 rings (SSSR count). The largest absolute Gasteiger partial charge is 0.350 e. The molecule has 0 radical (unpaired) electrons. The maximum Gasteiger partial charge on any atom is 0.242 e. The third-order valence-corrected chi connectivity index (χ3v) is 2.10. The van der Waals surface area contributed by atoms with Gasteiger partial charge in [0.2, 0.25) is 5.91 Å². The lowest BCUT2D eigenvalue weighted by Crippen LogP contribution is -2.27. The predicted octanol–water partition coefficient (Wildman–Crippen LogP) is 0.594. The van der Waals surface area contributed by atoms with Crippen LogP contribution in [0, 0.1) is 0 Å². The summed E-state index contributed by atoms with van der Waals surface area (Å²) in [7, 11) is 0. The smallest absolute Gasteiger partial charge is 0.242 e. The van der Waals surface area contributed by atoms with E-state index in [0.717, 1.165) is 5.56 Å². The van der Waals surface area contributed by atoms with E-state index in [1.54, 1.807) is 0 Å². The van der Waals surface area contributed by atoms with Gasteiger partial charge in [-0.15, -0.1) is 0 Å². The molecule has 1 aromatic carbocycles. The zero-order valence-electron chi connectivity index (χ0n) is 8.71. The molecule has 0 saturated heterocycles. The molecule has 0 unspecified atom stereocenters. The number of aromatic nitrogens is 3. The Kier molecular flexibility index (Phi) is 3.28. The Morgan fingerprint density at radius 2 is 2.12 bits per heavy atom. The van der Waals surface area contributed by atoms with Crippen molar-refractivity contribution in [1.82, 2.24) is 20.1 Å². The number of nitrogens with one attached hydrogen (secondary N) is 1. The lowest BCUT2D eigenvalue weighted by atomic mass is 10.2. The number of rotatable bonds is 4. The summed E-state index contributed by atoms with van der Waals surface area (Å²) in [6.07, 6.45) is 2.92. The van der Waals surface area contributed by atoms with E-state index < -0.39 is 0 Å². The fourth-order valence-corrected chi connectivity index (χ4v) is 1.31. The lowest BCUT2D eigenvalue weighted by molar-refractivity contribution is -0.122. The number of benzene rings is 1. The van der Waals surface area contributed by atoms with Crippen molar-refractivity contribution in [3.05, 3.63) is 48.5 Å². The van der Waals surface area contributed by atoms with E-state index in [2.05, 4.69) is 15.4 Å². The zero-order chi connectivity index (χ0) is 11.2. The number of nitrogens with zero attached hydrogens (tertiary/aromatic N) is 3. The van der Waals surface area contributed by atoms with Gasteiger partial charge in [0.05, 0.1) is 0 Å². The number of hydrogen-bond acceptors (Lipinski definition) is 3. The van der Waals surface area contributed by atoms with Crippen LogP contribution in [0.4, 0.5) is 0 Å². The van der Waals surface area contributed by atoms with Gasteiger partial charge < -0.3 is 5.32 Å². The predicted molar refractivity (Wildman–Crippen MR) is 58.3 cm³/mol. The fourth-order valence-electron chi connectivity index (χ4n) is 1.31. The van der Waals surface area contributed by atoms with Crippen molar-refractivity contribution in [3.8, 4) is 0 Å². The molecule has 0 fully saturated rings. The van der Waals surface area contributed by atoms with Crippen LogP contribution in [0.25, 0.3) is 0 Å². The Labute approximate surface area is 93.1 Å². The molecule has 1 amide bonds. The van der Waals surface area contributed by atoms with Gasteiger partial charge in [0.25, 0.3) is 0 Å². The first-order valence-electron chi connectivity index (χ1n) is 4.97. The van der Waals surface area contributed by atoms with Crippen LogP contribution >= 0.6 is 0 Å². The molecule has 82 valence electrons. The summed E-state index contributed by atoms with van der Waals surface area (Å²) in [5, 5.41) is 6.67. The molecule has 16 heavy (non-hydrogen) atoms.